The van der Waals surface area contributed by atoms with E-state index in [9.17, 15) is 9.59 Å². The summed E-state index contributed by atoms with van der Waals surface area (Å²) in [4.78, 5) is 29.0. The molecule has 1 amide bonds. The fourth-order valence-electron chi connectivity index (χ4n) is 3.52. The fourth-order valence-corrected chi connectivity index (χ4v) is 4.46. The summed E-state index contributed by atoms with van der Waals surface area (Å²) in [6.45, 7) is 8.44. The lowest BCUT2D eigenvalue weighted by molar-refractivity contribution is -0.116. The van der Waals surface area contributed by atoms with Crippen LogP contribution in [0.15, 0.2) is 30.3 Å². The maximum absolute atomic E-state index is 12.3. The van der Waals surface area contributed by atoms with Crippen LogP contribution in [0, 0.1) is 19.8 Å². The number of aryl methyl sites for hydroxylation is 2. The van der Waals surface area contributed by atoms with Gasteiger partial charge in [-0.1, -0.05) is 6.92 Å². The van der Waals surface area contributed by atoms with Gasteiger partial charge in [0.1, 0.15) is 0 Å². The Balaban J connectivity index is 1.49. The number of piperidine rings is 1. The van der Waals surface area contributed by atoms with E-state index in [2.05, 4.69) is 29.3 Å². The SMILES string of the molecule is Cc1cc(C(=O)CCC(=O)Nc2ccc(N3CCC(C)CC3)cc2)c(C)s1. The van der Waals surface area contributed by atoms with Crippen molar-refractivity contribution in [2.75, 3.05) is 23.3 Å². The molecule has 1 saturated heterocycles. The summed E-state index contributed by atoms with van der Waals surface area (Å²) in [6.07, 6.45) is 2.91. The van der Waals surface area contributed by atoms with Gasteiger partial charge in [-0.05, 0) is 62.9 Å². The molecule has 3 rings (SSSR count). The maximum Gasteiger partial charge on any atom is 0.224 e. The summed E-state index contributed by atoms with van der Waals surface area (Å²) in [5.41, 5.74) is 2.74. The largest absolute Gasteiger partial charge is 0.372 e. The van der Waals surface area contributed by atoms with Crippen LogP contribution in [0.5, 0.6) is 0 Å². The van der Waals surface area contributed by atoms with E-state index in [1.807, 2.05) is 32.0 Å². The lowest BCUT2D eigenvalue weighted by Crippen LogP contribution is -2.32. The third-order valence-corrected chi connectivity index (χ3v) is 6.19. The molecule has 0 saturated carbocycles. The molecule has 0 aliphatic carbocycles. The highest BCUT2D eigenvalue weighted by molar-refractivity contribution is 7.12. The van der Waals surface area contributed by atoms with Gasteiger partial charge in [0.05, 0.1) is 0 Å². The van der Waals surface area contributed by atoms with Crippen molar-refractivity contribution in [2.24, 2.45) is 5.92 Å². The number of ketones is 1. The van der Waals surface area contributed by atoms with Crippen molar-refractivity contribution < 1.29 is 9.59 Å². The predicted octanol–water partition coefficient (Wildman–Crippen LogP) is 5.20. The molecule has 2 heterocycles. The molecule has 0 unspecified atom stereocenters. The number of amides is 1. The quantitative estimate of drug-likeness (QED) is 0.696. The Morgan fingerprint density at radius 1 is 1.11 bits per heavy atom. The standard InChI is InChI=1S/C22H28N2O2S/c1-15-10-12-24(13-11-15)19-6-4-18(5-7-19)23-22(26)9-8-21(25)20-14-16(2)27-17(20)3/h4-7,14-15H,8-13H2,1-3H3,(H,23,26). The van der Waals surface area contributed by atoms with Crippen LogP contribution in [0.25, 0.3) is 0 Å². The van der Waals surface area contributed by atoms with Gasteiger partial charge in [0.25, 0.3) is 0 Å². The first-order valence-electron chi connectivity index (χ1n) is 9.67. The molecule has 0 spiro atoms. The topological polar surface area (TPSA) is 49.4 Å². The number of hydrogen-bond donors (Lipinski definition) is 1. The van der Waals surface area contributed by atoms with Gasteiger partial charge in [-0.2, -0.15) is 0 Å². The van der Waals surface area contributed by atoms with Crippen molar-refractivity contribution in [2.45, 2.75) is 46.5 Å². The molecule has 1 aromatic carbocycles. The summed E-state index contributed by atoms with van der Waals surface area (Å²) in [5, 5.41) is 2.90. The molecule has 0 bridgehead atoms. The van der Waals surface area contributed by atoms with E-state index >= 15 is 0 Å². The van der Waals surface area contributed by atoms with Crippen molar-refractivity contribution in [1.29, 1.82) is 0 Å². The predicted molar refractivity (Wildman–Crippen MR) is 113 cm³/mol. The zero-order chi connectivity index (χ0) is 19.4. The highest BCUT2D eigenvalue weighted by Crippen LogP contribution is 2.25. The van der Waals surface area contributed by atoms with E-state index < -0.39 is 0 Å². The molecule has 144 valence electrons. The van der Waals surface area contributed by atoms with Crippen LogP contribution in [0.1, 0.15) is 52.7 Å². The number of nitrogens with one attached hydrogen (secondary N) is 1. The number of nitrogens with zero attached hydrogens (tertiary/aromatic N) is 1. The van der Waals surface area contributed by atoms with Crippen molar-refractivity contribution in [1.82, 2.24) is 0 Å². The molecule has 1 aromatic heterocycles. The van der Waals surface area contributed by atoms with E-state index in [4.69, 9.17) is 0 Å². The lowest BCUT2D eigenvalue weighted by Gasteiger charge is -2.32. The molecule has 0 radical (unpaired) electrons. The Morgan fingerprint density at radius 3 is 2.37 bits per heavy atom. The van der Waals surface area contributed by atoms with Crippen LogP contribution in [0.3, 0.4) is 0 Å². The first-order valence-corrected chi connectivity index (χ1v) is 10.5. The Labute approximate surface area is 165 Å². The summed E-state index contributed by atoms with van der Waals surface area (Å²) in [6, 6.07) is 9.93. The molecule has 1 aliphatic heterocycles. The number of carbonyl (C=O) groups is 2. The lowest BCUT2D eigenvalue weighted by atomic mass is 9.99. The smallest absolute Gasteiger partial charge is 0.224 e. The summed E-state index contributed by atoms with van der Waals surface area (Å²) < 4.78 is 0. The zero-order valence-corrected chi connectivity index (χ0v) is 17.2. The van der Waals surface area contributed by atoms with Crippen LogP contribution in [-0.2, 0) is 4.79 Å². The van der Waals surface area contributed by atoms with E-state index in [1.165, 1.54) is 18.5 Å². The highest BCUT2D eigenvalue weighted by Gasteiger charge is 2.16. The summed E-state index contributed by atoms with van der Waals surface area (Å²) in [7, 11) is 0. The first-order chi connectivity index (χ1) is 12.9. The minimum absolute atomic E-state index is 0.0432. The minimum Gasteiger partial charge on any atom is -0.372 e. The zero-order valence-electron chi connectivity index (χ0n) is 16.4. The molecule has 2 aromatic rings. The Hall–Kier alpha value is -2.14. The third kappa shape index (κ3) is 5.19. The molecule has 27 heavy (non-hydrogen) atoms. The van der Waals surface area contributed by atoms with Crippen molar-refractivity contribution >= 4 is 34.4 Å². The van der Waals surface area contributed by atoms with Crippen molar-refractivity contribution in [3.05, 3.63) is 45.6 Å². The minimum atomic E-state index is -0.118. The van der Waals surface area contributed by atoms with Gasteiger partial charge in [0.15, 0.2) is 5.78 Å². The Bertz CT molecular complexity index is 802. The molecule has 1 fully saturated rings. The fraction of sp³-hybridized carbons (Fsp3) is 0.455. The first kappa shape index (κ1) is 19.6. The molecule has 0 atom stereocenters. The van der Waals surface area contributed by atoms with Gasteiger partial charge in [-0.15, -0.1) is 11.3 Å². The number of hydrogen-bond acceptors (Lipinski definition) is 4. The summed E-state index contributed by atoms with van der Waals surface area (Å²) >= 11 is 1.62. The van der Waals surface area contributed by atoms with Crippen LogP contribution in [-0.4, -0.2) is 24.8 Å². The number of benzene rings is 1. The highest BCUT2D eigenvalue weighted by atomic mass is 32.1. The van der Waals surface area contributed by atoms with Gasteiger partial charge in [0, 0.05) is 52.6 Å². The molecule has 5 heteroatoms. The second kappa shape index (κ2) is 8.70. The normalized spacial score (nSPS) is 15.0. The van der Waals surface area contributed by atoms with Crippen LogP contribution in [0.4, 0.5) is 11.4 Å². The Morgan fingerprint density at radius 2 is 1.78 bits per heavy atom. The molecular weight excluding hydrogens is 356 g/mol. The number of carbonyl (C=O) groups excluding carboxylic acids is 2. The molecule has 1 N–H and O–H groups in total. The van der Waals surface area contributed by atoms with Crippen LogP contribution < -0.4 is 10.2 Å². The molecule has 1 aliphatic rings. The van der Waals surface area contributed by atoms with Gasteiger partial charge in [-0.25, -0.2) is 0 Å². The van der Waals surface area contributed by atoms with Gasteiger partial charge in [-0.3, -0.25) is 9.59 Å². The molecular formula is C22H28N2O2S. The summed E-state index contributed by atoms with van der Waals surface area (Å²) in [5.74, 6) is 0.735. The molecule has 4 nitrogen and oxygen atoms in total. The maximum atomic E-state index is 12.3. The van der Waals surface area contributed by atoms with Gasteiger partial charge in [0.2, 0.25) is 5.91 Å². The average Bonchev–Trinajstić information content (AvgIpc) is 2.99. The van der Waals surface area contributed by atoms with E-state index in [-0.39, 0.29) is 24.5 Å². The van der Waals surface area contributed by atoms with E-state index in [0.29, 0.717) is 0 Å². The second-order valence-electron chi connectivity index (χ2n) is 7.51. The monoisotopic (exact) mass is 384 g/mol. The Kier molecular flexibility index (Phi) is 6.32. The van der Waals surface area contributed by atoms with E-state index in [1.54, 1.807) is 11.3 Å². The number of rotatable bonds is 6. The third-order valence-electron chi connectivity index (χ3n) is 5.22. The van der Waals surface area contributed by atoms with Crippen molar-refractivity contribution in [3.8, 4) is 0 Å². The van der Waals surface area contributed by atoms with Gasteiger partial charge >= 0.3 is 0 Å². The van der Waals surface area contributed by atoms with Crippen LogP contribution >= 0.6 is 11.3 Å². The number of thiophene rings is 1. The second-order valence-corrected chi connectivity index (χ2v) is 8.98. The number of anilines is 2. The van der Waals surface area contributed by atoms with Gasteiger partial charge < -0.3 is 10.2 Å². The van der Waals surface area contributed by atoms with Crippen LogP contribution in [0.2, 0.25) is 0 Å². The van der Waals surface area contributed by atoms with Crippen molar-refractivity contribution in [3.63, 3.8) is 0 Å². The van der Waals surface area contributed by atoms with E-state index in [0.717, 1.165) is 40.0 Å². The average molecular weight is 385 g/mol. The number of Topliss-reactive ketones (excluding diaryl/α,β-unsaturated/α-hetero) is 1.